The van der Waals surface area contributed by atoms with Crippen LogP contribution in [0.1, 0.15) is 37.7 Å². The van der Waals surface area contributed by atoms with Gasteiger partial charge < -0.3 is 20.4 Å². The number of carbonyl (C=O) groups excluding carboxylic acids is 2. The lowest BCUT2D eigenvalue weighted by Gasteiger charge is -2.34. The van der Waals surface area contributed by atoms with Gasteiger partial charge in [-0.3, -0.25) is 14.5 Å². The van der Waals surface area contributed by atoms with Crippen LogP contribution in [0.25, 0.3) is 0 Å². The van der Waals surface area contributed by atoms with Crippen LogP contribution in [0.4, 0.5) is 23.1 Å². The van der Waals surface area contributed by atoms with Gasteiger partial charge in [0.1, 0.15) is 5.82 Å². The Kier molecular flexibility index (Phi) is 5.17. The summed E-state index contributed by atoms with van der Waals surface area (Å²) < 4.78 is 0. The number of anilines is 4. The summed E-state index contributed by atoms with van der Waals surface area (Å²) in [7, 11) is 2.16. The van der Waals surface area contributed by atoms with Gasteiger partial charge in [0.15, 0.2) is 5.41 Å². The predicted octanol–water partition coefficient (Wildman–Crippen LogP) is 2.02. The second-order valence-electron chi connectivity index (χ2n) is 9.92. The van der Waals surface area contributed by atoms with Gasteiger partial charge in [0, 0.05) is 61.9 Å². The number of likely N-dealkylation sites (N-methyl/N-ethyl adjacent to an activating group) is 1. The van der Waals surface area contributed by atoms with Crippen LogP contribution < -0.4 is 20.4 Å². The standard InChI is InChI=1S/C25H31N7O2/c1-30-12-14-31(15-13-30)18-8-6-17(7-9-18)28-24-27-16-20-21(29-24)32(19-4-2-3-5-19)23(34)25(20)10-11-26-22(25)33/h6-9,16,19H,2-5,10-15H2,1H3,(H,26,33)(H,27,28,29). The summed E-state index contributed by atoms with van der Waals surface area (Å²) in [6.45, 7) is 4.69. The van der Waals surface area contributed by atoms with Crippen LogP contribution in [0.2, 0.25) is 0 Å². The van der Waals surface area contributed by atoms with Crippen molar-refractivity contribution in [3.63, 3.8) is 0 Å². The molecule has 178 valence electrons. The van der Waals surface area contributed by atoms with Crippen molar-refractivity contribution in [2.75, 3.05) is 54.9 Å². The number of benzene rings is 1. The lowest BCUT2D eigenvalue weighted by atomic mass is 9.81. The summed E-state index contributed by atoms with van der Waals surface area (Å²) in [4.78, 5) is 42.3. The highest BCUT2D eigenvalue weighted by atomic mass is 16.2. The van der Waals surface area contributed by atoms with Crippen LogP contribution in [0.3, 0.4) is 0 Å². The topological polar surface area (TPSA) is 93.7 Å². The number of hydrogen-bond acceptors (Lipinski definition) is 7. The van der Waals surface area contributed by atoms with Crippen molar-refractivity contribution in [1.29, 1.82) is 0 Å². The van der Waals surface area contributed by atoms with E-state index >= 15 is 0 Å². The zero-order valence-electron chi connectivity index (χ0n) is 19.6. The quantitative estimate of drug-likeness (QED) is 0.673. The third-order valence-electron chi connectivity index (χ3n) is 7.90. The summed E-state index contributed by atoms with van der Waals surface area (Å²) in [5.74, 6) is 0.688. The maximum atomic E-state index is 13.6. The molecule has 34 heavy (non-hydrogen) atoms. The van der Waals surface area contributed by atoms with E-state index in [0.717, 1.165) is 57.5 Å². The largest absolute Gasteiger partial charge is 0.369 e. The van der Waals surface area contributed by atoms with Gasteiger partial charge in [0.25, 0.3) is 0 Å². The van der Waals surface area contributed by atoms with E-state index in [0.29, 0.717) is 30.3 Å². The zero-order chi connectivity index (χ0) is 23.3. The minimum absolute atomic E-state index is 0.102. The average Bonchev–Trinajstić information content (AvgIpc) is 3.56. The van der Waals surface area contributed by atoms with Crippen LogP contribution in [0.15, 0.2) is 30.5 Å². The van der Waals surface area contributed by atoms with Gasteiger partial charge in [-0.25, -0.2) is 4.98 Å². The third-order valence-corrected chi connectivity index (χ3v) is 7.90. The molecule has 1 aromatic carbocycles. The second-order valence-corrected chi connectivity index (χ2v) is 9.92. The molecule has 2 saturated heterocycles. The molecule has 4 aliphatic rings. The Balaban J connectivity index is 1.27. The Morgan fingerprint density at radius 1 is 1.06 bits per heavy atom. The average molecular weight is 462 g/mol. The van der Waals surface area contributed by atoms with Crippen molar-refractivity contribution < 1.29 is 9.59 Å². The molecular weight excluding hydrogens is 430 g/mol. The van der Waals surface area contributed by atoms with E-state index in [-0.39, 0.29) is 17.9 Å². The Morgan fingerprint density at radius 2 is 1.79 bits per heavy atom. The Labute approximate surface area is 199 Å². The maximum absolute atomic E-state index is 13.6. The van der Waals surface area contributed by atoms with Gasteiger partial charge in [-0.15, -0.1) is 0 Å². The van der Waals surface area contributed by atoms with Crippen LogP contribution in [-0.2, 0) is 15.0 Å². The van der Waals surface area contributed by atoms with Gasteiger partial charge in [0.2, 0.25) is 17.8 Å². The number of aromatic nitrogens is 2. The molecule has 0 radical (unpaired) electrons. The van der Waals surface area contributed by atoms with Gasteiger partial charge in [0.05, 0.1) is 0 Å². The normalized spacial score (nSPS) is 25.3. The summed E-state index contributed by atoms with van der Waals surface area (Å²) in [6, 6.07) is 8.41. The van der Waals surface area contributed by atoms with Crippen LogP contribution in [-0.4, -0.2) is 72.5 Å². The number of hydrogen-bond donors (Lipinski definition) is 2. The van der Waals surface area contributed by atoms with Crippen molar-refractivity contribution >= 4 is 35.0 Å². The first-order valence-corrected chi connectivity index (χ1v) is 12.4. The number of carbonyl (C=O) groups is 2. The lowest BCUT2D eigenvalue weighted by molar-refractivity contribution is -0.133. The molecule has 0 bridgehead atoms. The van der Waals surface area contributed by atoms with Gasteiger partial charge in [-0.1, -0.05) is 12.8 Å². The van der Waals surface area contributed by atoms with E-state index in [9.17, 15) is 9.59 Å². The molecular formula is C25H31N7O2. The predicted molar refractivity (Wildman–Crippen MR) is 131 cm³/mol. The molecule has 9 nitrogen and oxygen atoms in total. The molecule has 2 amide bonds. The van der Waals surface area contributed by atoms with Crippen molar-refractivity contribution in [2.45, 2.75) is 43.6 Å². The summed E-state index contributed by atoms with van der Waals surface area (Å²) in [5, 5.41) is 6.16. The van der Waals surface area contributed by atoms with E-state index in [2.05, 4.69) is 44.6 Å². The smallest absolute Gasteiger partial charge is 0.248 e. The molecule has 1 aromatic heterocycles. The molecule has 9 heteroatoms. The summed E-state index contributed by atoms with van der Waals surface area (Å²) in [6.07, 6.45) is 6.23. The third kappa shape index (κ3) is 3.33. The highest BCUT2D eigenvalue weighted by Crippen LogP contribution is 2.47. The van der Waals surface area contributed by atoms with Crippen molar-refractivity contribution in [3.05, 3.63) is 36.0 Å². The zero-order valence-corrected chi connectivity index (χ0v) is 19.6. The minimum Gasteiger partial charge on any atom is -0.369 e. The SMILES string of the molecule is CN1CCN(c2ccc(Nc3ncc4c(n3)N(C3CCCC3)C(=O)C43CCNC3=O)cc2)CC1. The number of fused-ring (bicyclic) bond motifs is 2. The van der Waals surface area contributed by atoms with E-state index < -0.39 is 5.41 Å². The Bertz CT molecular complexity index is 1110. The fraction of sp³-hybridized carbons (Fsp3) is 0.520. The first kappa shape index (κ1) is 21.3. The van der Waals surface area contributed by atoms with E-state index in [1.54, 1.807) is 11.1 Å². The number of rotatable bonds is 4. The van der Waals surface area contributed by atoms with Crippen LogP contribution in [0, 0.1) is 0 Å². The number of nitrogens with zero attached hydrogens (tertiary/aromatic N) is 5. The molecule has 3 aliphatic heterocycles. The van der Waals surface area contributed by atoms with E-state index in [1.165, 1.54) is 5.69 Å². The van der Waals surface area contributed by atoms with Crippen molar-refractivity contribution in [3.8, 4) is 0 Å². The number of nitrogens with one attached hydrogen (secondary N) is 2. The fourth-order valence-electron chi connectivity index (χ4n) is 5.87. The van der Waals surface area contributed by atoms with Crippen molar-refractivity contribution in [2.24, 2.45) is 0 Å². The van der Waals surface area contributed by atoms with Crippen LogP contribution >= 0.6 is 0 Å². The number of amides is 2. The highest BCUT2D eigenvalue weighted by Gasteiger charge is 2.60. The molecule has 1 aliphatic carbocycles. The Morgan fingerprint density at radius 3 is 2.47 bits per heavy atom. The highest BCUT2D eigenvalue weighted by molar-refractivity contribution is 6.22. The molecule has 6 rings (SSSR count). The monoisotopic (exact) mass is 461 g/mol. The Hall–Kier alpha value is -3.20. The molecule has 3 fully saturated rings. The molecule has 2 N–H and O–H groups in total. The minimum atomic E-state index is -1.17. The molecule has 1 saturated carbocycles. The number of piperazine rings is 1. The van der Waals surface area contributed by atoms with Crippen molar-refractivity contribution in [1.82, 2.24) is 20.2 Å². The van der Waals surface area contributed by atoms with E-state index in [4.69, 9.17) is 4.98 Å². The molecule has 1 spiro atoms. The van der Waals surface area contributed by atoms with Crippen LogP contribution in [0.5, 0.6) is 0 Å². The first-order chi connectivity index (χ1) is 16.6. The first-order valence-electron chi connectivity index (χ1n) is 12.4. The molecule has 4 heterocycles. The summed E-state index contributed by atoms with van der Waals surface area (Å²) in [5.41, 5.74) is 1.58. The van der Waals surface area contributed by atoms with E-state index in [1.807, 2.05) is 12.1 Å². The maximum Gasteiger partial charge on any atom is 0.248 e. The molecule has 2 aromatic rings. The molecule has 1 atom stereocenters. The van der Waals surface area contributed by atoms with Gasteiger partial charge in [-0.2, -0.15) is 4.98 Å². The summed E-state index contributed by atoms with van der Waals surface area (Å²) >= 11 is 0. The van der Waals surface area contributed by atoms with Gasteiger partial charge >= 0.3 is 0 Å². The molecule has 1 unspecified atom stereocenters. The lowest BCUT2D eigenvalue weighted by Crippen LogP contribution is -2.48. The fourth-order valence-corrected chi connectivity index (χ4v) is 5.87. The second kappa shape index (κ2) is 8.23. The van der Waals surface area contributed by atoms with Gasteiger partial charge in [-0.05, 0) is 50.6 Å².